The summed E-state index contributed by atoms with van der Waals surface area (Å²) in [6.45, 7) is 1.98. The molecule has 1 rings (SSSR count). The van der Waals surface area contributed by atoms with E-state index in [0.717, 1.165) is 12.3 Å². The van der Waals surface area contributed by atoms with E-state index < -0.39 is 11.9 Å². The predicted octanol–water partition coefficient (Wildman–Crippen LogP) is 1.92. The van der Waals surface area contributed by atoms with E-state index in [0.29, 0.717) is 5.56 Å². The van der Waals surface area contributed by atoms with Gasteiger partial charge >= 0.3 is 11.9 Å². The van der Waals surface area contributed by atoms with Gasteiger partial charge in [-0.05, 0) is 19.1 Å². The number of ether oxygens (including phenoxy) is 2. The number of carbonyl (C=O) groups excluding carboxylic acids is 2. The molecule has 0 N–H and O–H groups in total. The van der Waals surface area contributed by atoms with E-state index in [1.165, 1.54) is 0 Å². The molecule has 16 heavy (non-hydrogen) atoms. The van der Waals surface area contributed by atoms with Crippen LogP contribution in [0.2, 0.25) is 0 Å². The summed E-state index contributed by atoms with van der Waals surface area (Å²) in [6.07, 6.45) is 2.08. The van der Waals surface area contributed by atoms with E-state index in [-0.39, 0.29) is 6.61 Å². The van der Waals surface area contributed by atoms with E-state index in [1.54, 1.807) is 37.3 Å². The van der Waals surface area contributed by atoms with E-state index in [9.17, 15) is 9.59 Å². The highest BCUT2D eigenvalue weighted by Gasteiger charge is 2.03. The molecule has 0 unspecified atom stereocenters. The van der Waals surface area contributed by atoms with Crippen molar-refractivity contribution >= 4 is 11.9 Å². The maximum Gasteiger partial charge on any atom is 0.342 e. The Morgan fingerprint density at radius 1 is 1.25 bits per heavy atom. The van der Waals surface area contributed by atoms with Crippen molar-refractivity contribution in [2.24, 2.45) is 0 Å². The number of rotatable bonds is 4. The molecule has 0 aromatic heterocycles. The van der Waals surface area contributed by atoms with Crippen molar-refractivity contribution < 1.29 is 19.1 Å². The molecular weight excluding hydrogens is 208 g/mol. The second kappa shape index (κ2) is 6.40. The van der Waals surface area contributed by atoms with Crippen molar-refractivity contribution in [2.75, 3.05) is 6.61 Å². The Labute approximate surface area is 93.5 Å². The summed E-state index contributed by atoms with van der Waals surface area (Å²) in [5.41, 5.74) is 0.427. The summed E-state index contributed by atoms with van der Waals surface area (Å²) < 4.78 is 9.34. The Bertz CT molecular complexity index is 381. The summed E-state index contributed by atoms with van der Waals surface area (Å²) in [5.74, 6) is -1.05. The Kier molecular flexibility index (Phi) is 4.79. The number of hydrogen-bond donors (Lipinski definition) is 0. The lowest BCUT2D eigenvalue weighted by Crippen LogP contribution is -2.02. The Morgan fingerprint density at radius 2 is 1.94 bits per heavy atom. The molecule has 0 heterocycles. The van der Waals surface area contributed by atoms with Gasteiger partial charge in [0.05, 0.1) is 18.2 Å². The Balaban J connectivity index is 2.45. The summed E-state index contributed by atoms with van der Waals surface area (Å²) in [4.78, 5) is 22.2. The van der Waals surface area contributed by atoms with Crippen LogP contribution in [-0.2, 0) is 14.3 Å². The third-order valence-electron chi connectivity index (χ3n) is 1.68. The highest BCUT2D eigenvalue weighted by molar-refractivity contribution is 5.90. The molecule has 0 radical (unpaired) electrons. The SMILES string of the molecule is CCOC(=O)C=COC(=O)c1ccccc1. The van der Waals surface area contributed by atoms with Crippen LogP contribution in [0.4, 0.5) is 0 Å². The van der Waals surface area contributed by atoms with Gasteiger partial charge in [-0.25, -0.2) is 9.59 Å². The molecule has 84 valence electrons. The van der Waals surface area contributed by atoms with Crippen molar-refractivity contribution in [3.8, 4) is 0 Å². The Hall–Kier alpha value is -2.10. The monoisotopic (exact) mass is 220 g/mol. The lowest BCUT2D eigenvalue weighted by atomic mass is 10.2. The quantitative estimate of drug-likeness (QED) is 0.442. The molecule has 0 bridgehead atoms. The van der Waals surface area contributed by atoms with Gasteiger partial charge in [-0.3, -0.25) is 0 Å². The fourth-order valence-electron chi connectivity index (χ4n) is 0.984. The lowest BCUT2D eigenvalue weighted by molar-refractivity contribution is -0.137. The Morgan fingerprint density at radius 3 is 2.56 bits per heavy atom. The van der Waals surface area contributed by atoms with Crippen LogP contribution in [0.15, 0.2) is 42.7 Å². The normalized spacial score (nSPS) is 10.1. The summed E-state index contributed by atoms with van der Waals surface area (Å²) >= 11 is 0. The number of hydrogen-bond acceptors (Lipinski definition) is 4. The molecular formula is C12H12O4. The van der Waals surface area contributed by atoms with Crippen molar-refractivity contribution in [3.05, 3.63) is 48.2 Å². The molecule has 0 saturated carbocycles. The van der Waals surface area contributed by atoms with Gasteiger partial charge in [0.1, 0.15) is 6.26 Å². The fraction of sp³-hybridized carbons (Fsp3) is 0.167. The molecule has 0 aliphatic rings. The van der Waals surface area contributed by atoms with Crippen LogP contribution in [0, 0.1) is 0 Å². The van der Waals surface area contributed by atoms with E-state index >= 15 is 0 Å². The molecule has 0 aliphatic carbocycles. The largest absolute Gasteiger partial charge is 0.463 e. The summed E-state index contributed by atoms with van der Waals surface area (Å²) in [5, 5.41) is 0. The second-order valence-corrected chi connectivity index (χ2v) is 2.83. The molecule has 4 heteroatoms. The minimum Gasteiger partial charge on any atom is -0.463 e. The van der Waals surface area contributed by atoms with Gasteiger partial charge in [0.25, 0.3) is 0 Å². The first-order chi connectivity index (χ1) is 7.74. The average molecular weight is 220 g/mol. The molecule has 0 spiro atoms. The van der Waals surface area contributed by atoms with Crippen molar-refractivity contribution in [1.82, 2.24) is 0 Å². The smallest absolute Gasteiger partial charge is 0.342 e. The van der Waals surface area contributed by atoms with Crippen LogP contribution >= 0.6 is 0 Å². The summed E-state index contributed by atoms with van der Waals surface area (Å²) in [7, 11) is 0. The van der Waals surface area contributed by atoms with Gasteiger partial charge < -0.3 is 9.47 Å². The molecule has 0 saturated heterocycles. The summed E-state index contributed by atoms with van der Waals surface area (Å²) in [6, 6.07) is 8.50. The number of carbonyl (C=O) groups is 2. The first-order valence-corrected chi connectivity index (χ1v) is 4.83. The number of esters is 2. The third kappa shape index (κ3) is 3.96. The third-order valence-corrected chi connectivity index (χ3v) is 1.68. The highest BCUT2D eigenvalue weighted by Crippen LogP contribution is 2.01. The molecule has 1 aromatic rings. The van der Waals surface area contributed by atoms with Crippen LogP contribution in [0.5, 0.6) is 0 Å². The first kappa shape index (κ1) is 12.0. The van der Waals surface area contributed by atoms with Crippen LogP contribution in [0.25, 0.3) is 0 Å². The zero-order valence-electron chi connectivity index (χ0n) is 8.88. The highest BCUT2D eigenvalue weighted by atomic mass is 16.5. The molecule has 0 amide bonds. The van der Waals surface area contributed by atoms with Gasteiger partial charge in [0.2, 0.25) is 0 Å². The number of benzene rings is 1. The van der Waals surface area contributed by atoms with Crippen LogP contribution in [-0.4, -0.2) is 18.5 Å². The van der Waals surface area contributed by atoms with E-state index in [1.807, 2.05) is 0 Å². The van der Waals surface area contributed by atoms with Crippen molar-refractivity contribution in [2.45, 2.75) is 6.92 Å². The molecule has 4 nitrogen and oxygen atoms in total. The predicted molar refractivity (Wildman–Crippen MR) is 57.6 cm³/mol. The minimum absolute atomic E-state index is 0.288. The second-order valence-electron chi connectivity index (χ2n) is 2.83. The average Bonchev–Trinajstić information content (AvgIpc) is 2.30. The topological polar surface area (TPSA) is 52.6 Å². The van der Waals surface area contributed by atoms with Gasteiger partial charge in [-0.2, -0.15) is 0 Å². The standard InChI is InChI=1S/C12H12O4/c1-2-15-11(13)8-9-16-12(14)10-6-4-3-5-7-10/h3-9H,2H2,1H3. The molecule has 0 atom stereocenters. The first-order valence-electron chi connectivity index (χ1n) is 4.83. The van der Waals surface area contributed by atoms with Crippen molar-refractivity contribution in [1.29, 1.82) is 0 Å². The van der Waals surface area contributed by atoms with Crippen molar-refractivity contribution in [3.63, 3.8) is 0 Å². The molecule has 0 fully saturated rings. The van der Waals surface area contributed by atoms with Gasteiger partial charge in [-0.1, -0.05) is 18.2 Å². The lowest BCUT2D eigenvalue weighted by Gasteiger charge is -1.98. The maximum absolute atomic E-state index is 11.4. The molecule has 0 aliphatic heterocycles. The van der Waals surface area contributed by atoms with Crippen LogP contribution in [0.1, 0.15) is 17.3 Å². The van der Waals surface area contributed by atoms with Gasteiger partial charge in [0, 0.05) is 0 Å². The van der Waals surface area contributed by atoms with Crippen LogP contribution in [0.3, 0.4) is 0 Å². The minimum atomic E-state index is -0.539. The molecule has 1 aromatic carbocycles. The van der Waals surface area contributed by atoms with E-state index in [2.05, 4.69) is 4.74 Å². The van der Waals surface area contributed by atoms with E-state index in [4.69, 9.17) is 4.74 Å². The van der Waals surface area contributed by atoms with Gasteiger partial charge in [0.15, 0.2) is 0 Å². The zero-order valence-corrected chi connectivity index (χ0v) is 8.88. The van der Waals surface area contributed by atoms with Crippen LogP contribution < -0.4 is 0 Å². The van der Waals surface area contributed by atoms with Gasteiger partial charge in [-0.15, -0.1) is 0 Å². The fourth-order valence-corrected chi connectivity index (χ4v) is 0.984. The zero-order chi connectivity index (χ0) is 11.8. The maximum atomic E-state index is 11.4.